The lowest BCUT2D eigenvalue weighted by molar-refractivity contribution is 0.177. The Hall–Kier alpha value is -0.960. The van der Waals surface area contributed by atoms with Crippen LogP contribution in [0, 0.1) is 0 Å². The molecule has 0 saturated heterocycles. The number of aromatic amines is 1. The zero-order valence-electron chi connectivity index (χ0n) is 11.7. The molecule has 0 amide bonds. The molecule has 1 aromatic rings. The fraction of sp³-hybridized carbons (Fsp3) is 0.727. The average Bonchev–Trinajstić information content (AvgIpc) is 2.87. The summed E-state index contributed by atoms with van der Waals surface area (Å²) in [5.41, 5.74) is 0. The fourth-order valence-corrected chi connectivity index (χ4v) is 3.01. The maximum absolute atomic E-state index is 12.4. The van der Waals surface area contributed by atoms with Gasteiger partial charge in [-0.05, 0) is 27.1 Å². The summed E-state index contributed by atoms with van der Waals surface area (Å²) in [7, 11) is 2.00. The van der Waals surface area contributed by atoms with E-state index in [1.165, 1.54) is 16.7 Å². The van der Waals surface area contributed by atoms with Gasteiger partial charge in [0.1, 0.15) is 4.90 Å². The van der Waals surface area contributed by atoms with Crippen LogP contribution in [0.4, 0.5) is 0 Å². The van der Waals surface area contributed by atoms with Crippen molar-refractivity contribution in [3.05, 3.63) is 12.4 Å². The molecule has 1 heterocycles. The SMILES string of the molecule is COCCN(CCCN(C)C)S(=O)(=O)c1cn[nH]c1. The normalized spacial score (nSPS) is 12.5. The molecule has 0 atom stereocenters. The summed E-state index contributed by atoms with van der Waals surface area (Å²) >= 11 is 0. The number of hydrogen-bond donors (Lipinski definition) is 1. The number of sulfonamides is 1. The molecule has 0 fully saturated rings. The van der Waals surface area contributed by atoms with Crippen molar-refractivity contribution < 1.29 is 13.2 Å². The van der Waals surface area contributed by atoms with E-state index in [0.717, 1.165) is 13.0 Å². The van der Waals surface area contributed by atoms with E-state index in [1.54, 1.807) is 7.11 Å². The maximum Gasteiger partial charge on any atom is 0.246 e. The minimum Gasteiger partial charge on any atom is -0.383 e. The van der Waals surface area contributed by atoms with Gasteiger partial charge in [0.05, 0.1) is 12.8 Å². The number of H-pyrrole nitrogens is 1. The Balaban J connectivity index is 2.72. The molecule has 7 nitrogen and oxygen atoms in total. The lowest BCUT2D eigenvalue weighted by Gasteiger charge is -2.21. The summed E-state index contributed by atoms with van der Waals surface area (Å²) in [6.07, 6.45) is 3.48. The van der Waals surface area contributed by atoms with Gasteiger partial charge < -0.3 is 9.64 Å². The van der Waals surface area contributed by atoms with Crippen LogP contribution in [-0.4, -0.2) is 75.3 Å². The minimum atomic E-state index is -3.49. The van der Waals surface area contributed by atoms with E-state index in [1.807, 2.05) is 19.0 Å². The number of nitrogens with zero attached hydrogens (tertiary/aromatic N) is 3. The summed E-state index contributed by atoms with van der Waals surface area (Å²) in [6.45, 7) is 2.02. The molecule has 1 rings (SSSR count). The number of nitrogens with one attached hydrogen (secondary N) is 1. The number of aromatic nitrogens is 2. The van der Waals surface area contributed by atoms with Gasteiger partial charge >= 0.3 is 0 Å². The van der Waals surface area contributed by atoms with E-state index in [9.17, 15) is 8.42 Å². The van der Waals surface area contributed by atoms with Crippen LogP contribution < -0.4 is 0 Å². The first-order valence-corrected chi connectivity index (χ1v) is 7.55. The van der Waals surface area contributed by atoms with Crippen LogP contribution in [0.15, 0.2) is 17.3 Å². The lowest BCUT2D eigenvalue weighted by Crippen LogP contribution is -2.35. The van der Waals surface area contributed by atoms with Crippen LogP contribution in [0.1, 0.15) is 6.42 Å². The van der Waals surface area contributed by atoms with Crippen molar-refractivity contribution in [1.82, 2.24) is 19.4 Å². The Morgan fingerprint density at radius 1 is 1.32 bits per heavy atom. The van der Waals surface area contributed by atoms with Crippen LogP contribution in [0.25, 0.3) is 0 Å². The van der Waals surface area contributed by atoms with Crippen molar-refractivity contribution in [2.45, 2.75) is 11.3 Å². The van der Waals surface area contributed by atoms with Crippen molar-refractivity contribution in [2.24, 2.45) is 0 Å². The summed E-state index contributed by atoms with van der Waals surface area (Å²) in [5.74, 6) is 0. The zero-order valence-corrected chi connectivity index (χ0v) is 12.5. The monoisotopic (exact) mass is 290 g/mol. The van der Waals surface area contributed by atoms with Gasteiger partial charge in [-0.15, -0.1) is 0 Å². The van der Waals surface area contributed by atoms with Gasteiger partial charge in [-0.1, -0.05) is 0 Å². The van der Waals surface area contributed by atoms with Crippen LogP contribution in [-0.2, 0) is 14.8 Å². The summed E-state index contributed by atoms with van der Waals surface area (Å²) < 4.78 is 31.2. The second-order valence-electron chi connectivity index (χ2n) is 4.49. The smallest absolute Gasteiger partial charge is 0.246 e. The van der Waals surface area contributed by atoms with Crippen molar-refractivity contribution in [2.75, 3.05) is 47.4 Å². The highest BCUT2D eigenvalue weighted by Gasteiger charge is 2.24. The van der Waals surface area contributed by atoms with Gasteiger partial charge in [0.25, 0.3) is 0 Å². The molecule has 0 radical (unpaired) electrons. The van der Waals surface area contributed by atoms with E-state index in [2.05, 4.69) is 10.2 Å². The van der Waals surface area contributed by atoms with Gasteiger partial charge in [-0.3, -0.25) is 5.10 Å². The Morgan fingerprint density at radius 3 is 2.58 bits per heavy atom. The second kappa shape index (κ2) is 7.59. The zero-order chi connectivity index (χ0) is 14.3. The number of ether oxygens (including phenoxy) is 1. The topological polar surface area (TPSA) is 78.5 Å². The Kier molecular flexibility index (Phi) is 6.43. The van der Waals surface area contributed by atoms with Crippen LogP contribution in [0.2, 0.25) is 0 Å². The van der Waals surface area contributed by atoms with E-state index in [-0.39, 0.29) is 4.90 Å². The molecule has 0 aliphatic rings. The molecule has 0 saturated carbocycles. The molecule has 110 valence electrons. The van der Waals surface area contributed by atoms with Crippen molar-refractivity contribution in [3.8, 4) is 0 Å². The average molecular weight is 290 g/mol. The number of rotatable bonds is 9. The number of methoxy groups -OCH3 is 1. The van der Waals surface area contributed by atoms with Gasteiger partial charge in [0, 0.05) is 26.4 Å². The summed E-state index contributed by atoms with van der Waals surface area (Å²) in [4.78, 5) is 2.22. The summed E-state index contributed by atoms with van der Waals surface area (Å²) in [5, 5.41) is 6.22. The molecule has 1 aromatic heterocycles. The molecular formula is C11H22N4O3S. The van der Waals surface area contributed by atoms with Crippen molar-refractivity contribution >= 4 is 10.0 Å². The minimum absolute atomic E-state index is 0.188. The quantitative estimate of drug-likeness (QED) is 0.692. The Morgan fingerprint density at radius 2 is 2.05 bits per heavy atom. The van der Waals surface area contributed by atoms with E-state index < -0.39 is 10.0 Å². The standard InChI is InChI=1S/C11H22N4O3S/c1-14(2)5-4-6-15(7-8-18-3)19(16,17)11-9-12-13-10-11/h9-10H,4-8H2,1-3H3,(H,12,13). The third-order valence-corrected chi connectivity index (χ3v) is 4.53. The third kappa shape index (κ3) is 4.90. The fourth-order valence-electron chi connectivity index (χ4n) is 1.64. The molecule has 19 heavy (non-hydrogen) atoms. The van der Waals surface area contributed by atoms with Gasteiger partial charge in [0.15, 0.2) is 0 Å². The van der Waals surface area contributed by atoms with Gasteiger partial charge in [-0.2, -0.15) is 9.40 Å². The molecular weight excluding hydrogens is 268 g/mol. The van der Waals surface area contributed by atoms with E-state index >= 15 is 0 Å². The van der Waals surface area contributed by atoms with Gasteiger partial charge in [-0.25, -0.2) is 8.42 Å². The highest BCUT2D eigenvalue weighted by molar-refractivity contribution is 7.89. The van der Waals surface area contributed by atoms with Crippen molar-refractivity contribution in [3.63, 3.8) is 0 Å². The predicted molar refractivity (Wildman–Crippen MR) is 72.4 cm³/mol. The molecule has 8 heteroatoms. The molecule has 0 bridgehead atoms. The molecule has 0 spiro atoms. The Bertz CT molecular complexity index is 445. The second-order valence-corrected chi connectivity index (χ2v) is 6.43. The summed E-state index contributed by atoms with van der Waals surface area (Å²) in [6, 6.07) is 0. The molecule has 1 N–H and O–H groups in total. The van der Waals surface area contributed by atoms with E-state index in [4.69, 9.17) is 4.74 Å². The molecule has 0 aliphatic heterocycles. The first-order valence-electron chi connectivity index (χ1n) is 6.11. The molecule has 0 aliphatic carbocycles. The van der Waals surface area contributed by atoms with E-state index in [0.29, 0.717) is 19.7 Å². The van der Waals surface area contributed by atoms with Crippen LogP contribution in [0.3, 0.4) is 0 Å². The van der Waals surface area contributed by atoms with Crippen LogP contribution in [0.5, 0.6) is 0 Å². The van der Waals surface area contributed by atoms with Crippen molar-refractivity contribution in [1.29, 1.82) is 0 Å². The largest absolute Gasteiger partial charge is 0.383 e. The number of hydrogen-bond acceptors (Lipinski definition) is 5. The first-order chi connectivity index (χ1) is 8.98. The molecule has 0 unspecified atom stereocenters. The maximum atomic E-state index is 12.4. The predicted octanol–water partition coefficient (Wildman–Crippen LogP) is -0.00150. The third-order valence-electron chi connectivity index (χ3n) is 2.67. The first kappa shape index (κ1) is 16.1. The highest BCUT2D eigenvalue weighted by Crippen LogP contribution is 2.13. The highest BCUT2D eigenvalue weighted by atomic mass is 32.2. The van der Waals surface area contributed by atoms with Gasteiger partial charge in [0.2, 0.25) is 10.0 Å². The Labute approximate surface area is 114 Å². The molecule has 0 aromatic carbocycles. The lowest BCUT2D eigenvalue weighted by atomic mass is 10.4. The van der Waals surface area contributed by atoms with Crippen LogP contribution >= 0.6 is 0 Å².